The summed E-state index contributed by atoms with van der Waals surface area (Å²) in [6.07, 6.45) is 0. The fourth-order valence-corrected chi connectivity index (χ4v) is 2.82. The minimum atomic E-state index is -0.426. The van der Waals surface area contributed by atoms with Crippen LogP contribution in [0.2, 0.25) is 0 Å². The third-order valence-corrected chi connectivity index (χ3v) is 3.93. The lowest BCUT2D eigenvalue weighted by atomic mass is 10.2. The van der Waals surface area contributed by atoms with Gasteiger partial charge in [0.25, 0.3) is 5.91 Å². The second kappa shape index (κ2) is 5.41. The van der Waals surface area contributed by atoms with Crippen molar-refractivity contribution >= 4 is 32.6 Å². The first-order valence-electron chi connectivity index (χ1n) is 6.22. The summed E-state index contributed by atoms with van der Waals surface area (Å²) in [5.41, 5.74) is 0.973. The molecule has 3 rings (SSSR count). The highest BCUT2D eigenvalue weighted by molar-refractivity contribution is 7.22. The molecule has 2 aromatic carbocycles. The molecule has 3 aromatic rings. The van der Waals surface area contributed by atoms with Gasteiger partial charge in [-0.15, -0.1) is 0 Å². The Morgan fingerprint density at radius 1 is 1.24 bits per heavy atom. The van der Waals surface area contributed by atoms with Crippen LogP contribution in [-0.4, -0.2) is 23.1 Å². The van der Waals surface area contributed by atoms with E-state index in [0.29, 0.717) is 5.13 Å². The fourth-order valence-electron chi connectivity index (χ4n) is 1.96. The van der Waals surface area contributed by atoms with Crippen molar-refractivity contribution in [2.75, 3.05) is 12.4 Å². The Labute approximate surface area is 124 Å². The molecule has 0 aliphatic heterocycles. The summed E-state index contributed by atoms with van der Waals surface area (Å²) in [7, 11) is 1.43. The molecule has 0 fully saturated rings. The van der Waals surface area contributed by atoms with Crippen molar-refractivity contribution in [3.63, 3.8) is 0 Å². The number of phenolic OH excluding ortho intramolecular Hbond substituents is 1. The predicted octanol–water partition coefficient (Wildman–Crippen LogP) is 3.26. The summed E-state index contributed by atoms with van der Waals surface area (Å²) in [6, 6.07) is 12.4. The number of aromatic nitrogens is 1. The van der Waals surface area contributed by atoms with Gasteiger partial charge in [-0.2, -0.15) is 0 Å². The lowest BCUT2D eigenvalue weighted by Crippen LogP contribution is -2.12. The first kappa shape index (κ1) is 13.4. The summed E-state index contributed by atoms with van der Waals surface area (Å²) in [5, 5.41) is 13.2. The molecule has 0 saturated carbocycles. The molecule has 0 atom stereocenters. The molecule has 0 unspecified atom stereocenters. The first-order valence-corrected chi connectivity index (χ1v) is 7.03. The van der Waals surface area contributed by atoms with Gasteiger partial charge in [0.1, 0.15) is 0 Å². The van der Waals surface area contributed by atoms with Crippen LogP contribution in [0.5, 0.6) is 11.5 Å². The maximum Gasteiger partial charge on any atom is 0.261 e. The molecular weight excluding hydrogens is 288 g/mol. The normalized spacial score (nSPS) is 10.5. The first-order chi connectivity index (χ1) is 10.2. The van der Waals surface area contributed by atoms with Crippen LogP contribution < -0.4 is 10.1 Å². The predicted molar refractivity (Wildman–Crippen MR) is 82.2 cm³/mol. The van der Waals surface area contributed by atoms with Crippen LogP contribution in [0.1, 0.15) is 10.4 Å². The summed E-state index contributed by atoms with van der Waals surface area (Å²) >= 11 is 1.38. The number of hydrogen-bond acceptors (Lipinski definition) is 5. The van der Waals surface area contributed by atoms with Crippen molar-refractivity contribution in [2.45, 2.75) is 0 Å². The fraction of sp³-hybridized carbons (Fsp3) is 0.0667. The van der Waals surface area contributed by atoms with E-state index >= 15 is 0 Å². The summed E-state index contributed by atoms with van der Waals surface area (Å²) in [6.45, 7) is 0. The number of rotatable bonds is 3. The highest BCUT2D eigenvalue weighted by Crippen LogP contribution is 2.31. The number of ether oxygens (including phenoxy) is 1. The molecule has 0 radical (unpaired) electrons. The number of fused-ring (bicyclic) bond motifs is 1. The number of anilines is 1. The van der Waals surface area contributed by atoms with Crippen LogP contribution >= 0.6 is 11.3 Å². The third kappa shape index (κ3) is 2.53. The van der Waals surface area contributed by atoms with Crippen LogP contribution in [0.15, 0.2) is 42.5 Å². The van der Waals surface area contributed by atoms with Crippen molar-refractivity contribution in [3.05, 3.63) is 48.0 Å². The van der Waals surface area contributed by atoms with Crippen molar-refractivity contribution in [1.29, 1.82) is 0 Å². The van der Waals surface area contributed by atoms with Gasteiger partial charge in [0, 0.05) is 0 Å². The monoisotopic (exact) mass is 300 g/mol. The molecule has 1 amide bonds. The number of nitrogens with one attached hydrogen (secondary N) is 1. The molecule has 106 valence electrons. The third-order valence-electron chi connectivity index (χ3n) is 2.98. The standard InChI is InChI=1S/C15H12N2O3S/c1-20-11-7-4-5-9(13(11)18)14(19)17-15-16-10-6-2-3-8-12(10)21-15/h2-8,18H,1H3,(H,16,17,19). The molecule has 1 heterocycles. The second-order valence-electron chi connectivity index (χ2n) is 4.30. The maximum atomic E-state index is 12.2. The van der Waals surface area contributed by atoms with E-state index in [2.05, 4.69) is 10.3 Å². The number of nitrogens with zero attached hydrogens (tertiary/aromatic N) is 1. The largest absolute Gasteiger partial charge is 0.504 e. The van der Waals surface area contributed by atoms with E-state index in [9.17, 15) is 9.90 Å². The average Bonchev–Trinajstić information content (AvgIpc) is 2.89. The van der Waals surface area contributed by atoms with Crippen molar-refractivity contribution in [1.82, 2.24) is 4.98 Å². The van der Waals surface area contributed by atoms with Gasteiger partial charge < -0.3 is 9.84 Å². The number of benzene rings is 2. The molecular formula is C15H12N2O3S. The zero-order valence-electron chi connectivity index (χ0n) is 11.2. The Hall–Kier alpha value is -2.60. The average molecular weight is 300 g/mol. The second-order valence-corrected chi connectivity index (χ2v) is 5.33. The lowest BCUT2D eigenvalue weighted by molar-refractivity contribution is 0.102. The van der Waals surface area contributed by atoms with E-state index in [1.54, 1.807) is 12.1 Å². The molecule has 0 saturated heterocycles. The van der Waals surface area contributed by atoms with E-state index < -0.39 is 5.91 Å². The van der Waals surface area contributed by atoms with Crippen LogP contribution in [0.25, 0.3) is 10.2 Å². The van der Waals surface area contributed by atoms with Gasteiger partial charge in [0.15, 0.2) is 16.6 Å². The van der Waals surface area contributed by atoms with Gasteiger partial charge in [-0.25, -0.2) is 4.98 Å². The molecule has 6 heteroatoms. The Kier molecular flexibility index (Phi) is 3.45. The summed E-state index contributed by atoms with van der Waals surface area (Å²) < 4.78 is 5.98. The minimum Gasteiger partial charge on any atom is -0.504 e. The Morgan fingerprint density at radius 2 is 2.05 bits per heavy atom. The van der Waals surface area contributed by atoms with E-state index in [4.69, 9.17) is 4.74 Å². The number of phenols is 1. The molecule has 0 aliphatic rings. The minimum absolute atomic E-state index is 0.147. The van der Waals surface area contributed by atoms with E-state index in [-0.39, 0.29) is 17.1 Å². The number of methoxy groups -OCH3 is 1. The van der Waals surface area contributed by atoms with E-state index in [0.717, 1.165) is 10.2 Å². The zero-order valence-corrected chi connectivity index (χ0v) is 12.0. The van der Waals surface area contributed by atoms with E-state index in [1.165, 1.54) is 24.5 Å². The van der Waals surface area contributed by atoms with Gasteiger partial charge in [0.2, 0.25) is 0 Å². The van der Waals surface area contributed by atoms with Gasteiger partial charge in [-0.3, -0.25) is 10.1 Å². The SMILES string of the molecule is COc1cccc(C(=O)Nc2nc3ccccc3s2)c1O. The quantitative estimate of drug-likeness (QED) is 0.779. The zero-order chi connectivity index (χ0) is 14.8. The number of amides is 1. The van der Waals surface area contributed by atoms with Crippen molar-refractivity contribution in [2.24, 2.45) is 0 Å². The highest BCUT2D eigenvalue weighted by atomic mass is 32.1. The molecule has 0 bridgehead atoms. The highest BCUT2D eigenvalue weighted by Gasteiger charge is 2.16. The van der Waals surface area contributed by atoms with Crippen molar-refractivity contribution < 1.29 is 14.6 Å². The molecule has 5 nitrogen and oxygen atoms in total. The molecule has 0 spiro atoms. The van der Waals surface area contributed by atoms with Gasteiger partial charge >= 0.3 is 0 Å². The van der Waals surface area contributed by atoms with Gasteiger partial charge in [0.05, 0.1) is 22.9 Å². The molecule has 21 heavy (non-hydrogen) atoms. The smallest absolute Gasteiger partial charge is 0.261 e. The Balaban J connectivity index is 1.89. The number of para-hydroxylation sites is 2. The summed E-state index contributed by atoms with van der Waals surface area (Å²) in [5.74, 6) is -0.351. The molecule has 0 aliphatic carbocycles. The number of aromatic hydroxyl groups is 1. The Bertz CT molecular complexity index is 781. The van der Waals surface area contributed by atoms with Crippen LogP contribution in [0.4, 0.5) is 5.13 Å². The van der Waals surface area contributed by atoms with Crippen LogP contribution in [0, 0.1) is 0 Å². The van der Waals surface area contributed by atoms with E-state index in [1.807, 2.05) is 24.3 Å². The molecule has 2 N–H and O–H groups in total. The topological polar surface area (TPSA) is 71.5 Å². The number of carbonyl (C=O) groups excluding carboxylic acids is 1. The molecule has 1 aromatic heterocycles. The van der Waals surface area contributed by atoms with Crippen LogP contribution in [0.3, 0.4) is 0 Å². The number of carbonyl (C=O) groups is 1. The van der Waals surface area contributed by atoms with Crippen molar-refractivity contribution in [3.8, 4) is 11.5 Å². The van der Waals surface area contributed by atoms with Gasteiger partial charge in [-0.1, -0.05) is 29.5 Å². The lowest BCUT2D eigenvalue weighted by Gasteiger charge is -2.07. The number of thiazole rings is 1. The summed E-state index contributed by atoms with van der Waals surface area (Å²) in [4.78, 5) is 16.5. The number of hydrogen-bond donors (Lipinski definition) is 2. The Morgan fingerprint density at radius 3 is 2.81 bits per heavy atom. The van der Waals surface area contributed by atoms with Gasteiger partial charge in [-0.05, 0) is 24.3 Å². The maximum absolute atomic E-state index is 12.2. The van der Waals surface area contributed by atoms with Crippen LogP contribution in [-0.2, 0) is 0 Å².